The zero-order chi connectivity index (χ0) is 15.1. The molecule has 0 radical (unpaired) electrons. The third kappa shape index (κ3) is 4.80. The van der Waals surface area contributed by atoms with Crippen LogP contribution in [0, 0.1) is 0 Å². The first-order valence-electron chi connectivity index (χ1n) is 8.38. The molecule has 1 fully saturated rings. The molecule has 0 aromatic heterocycles. The zero-order valence-electron chi connectivity index (χ0n) is 13.7. The van der Waals surface area contributed by atoms with Crippen LogP contribution in [0.3, 0.4) is 0 Å². The second-order valence-corrected chi connectivity index (χ2v) is 6.01. The summed E-state index contributed by atoms with van der Waals surface area (Å²) in [5.74, 6) is 0. The fourth-order valence-electron chi connectivity index (χ4n) is 3.18. The zero-order valence-corrected chi connectivity index (χ0v) is 13.7. The molecule has 0 aliphatic carbocycles. The van der Waals surface area contributed by atoms with Crippen LogP contribution in [0.1, 0.15) is 45.2 Å². The Labute approximate surface area is 129 Å². The Bertz CT molecular complexity index is 395. The molecule has 1 saturated heterocycles. The van der Waals surface area contributed by atoms with Gasteiger partial charge in [0, 0.05) is 25.2 Å². The van der Waals surface area contributed by atoms with Gasteiger partial charge in [-0.25, -0.2) is 0 Å². The molecule has 3 nitrogen and oxygen atoms in total. The molecular weight excluding hydrogens is 260 g/mol. The maximum Gasteiger partial charge on any atom is 0.0674 e. The van der Waals surface area contributed by atoms with Gasteiger partial charge >= 0.3 is 0 Å². The Kier molecular flexibility index (Phi) is 6.68. The van der Waals surface area contributed by atoms with Crippen LogP contribution in [0.5, 0.6) is 0 Å². The maximum absolute atomic E-state index is 5.79. The van der Waals surface area contributed by atoms with E-state index in [0.29, 0.717) is 18.2 Å². The first-order chi connectivity index (χ1) is 10.2. The van der Waals surface area contributed by atoms with Gasteiger partial charge in [-0.15, -0.1) is 0 Å². The van der Waals surface area contributed by atoms with Gasteiger partial charge in [-0.3, -0.25) is 4.90 Å². The fourth-order valence-corrected chi connectivity index (χ4v) is 3.18. The molecular formula is C18H30N2O. The number of hydrogen-bond acceptors (Lipinski definition) is 3. The lowest BCUT2D eigenvalue weighted by Gasteiger charge is -2.39. The van der Waals surface area contributed by atoms with Crippen LogP contribution in [0.15, 0.2) is 30.3 Å². The standard InChI is InChI=1S/C18H30N2O/c1-4-17-14-21-15(3)13-20(17)12-11-18(19-5-2)16-9-7-6-8-10-16/h6-10,15,17-19H,4-5,11-14H2,1-3H3. The highest BCUT2D eigenvalue weighted by atomic mass is 16.5. The number of benzene rings is 1. The maximum atomic E-state index is 5.79. The molecule has 118 valence electrons. The number of ether oxygens (including phenoxy) is 1. The highest BCUT2D eigenvalue weighted by Gasteiger charge is 2.25. The van der Waals surface area contributed by atoms with E-state index in [1.54, 1.807) is 0 Å². The summed E-state index contributed by atoms with van der Waals surface area (Å²) in [7, 11) is 0. The molecule has 1 N–H and O–H groups in total. The van der Waals surface area contributed by atoms with Crippen molar-refractivity contribution in [3.05, 3.63) is 35.9 Å². The SMILES string of the molecule is CCNC(CCN1CC(C)OCC1CC)c1ccccc1. The highest BCUT2D eigenvalue weighted by Crippen LogP contribution is 2.20. The molecule has 0 saturated carbocycles. The van der Waals surface area contributed by atoms with Crippen molar-refractivity contribution in [2.75, 3.05) is 26.2 Å². The predicted octanol–water partition coefficient (Wildman–Crippen LogP) is 3.23. The molecule has 21 heavy (non-hydrogen) atoms. The van der Waals surface area contributed by atoms with Crippen molar-refractivity contribution in [3.63, 3.8) is 0 Å². The van der Waals surface area contributed by atoms with Gasteiger partial charge in [0.15, 0.2) is 0 Å². The molecule has 2 rings (SSSR count). The first-order valence-corrected chi connectivity index (χ1v) is 8.38. The van der Waals surface area contributed by atoms with E-state index >= 15 is 0 Å². The van der Waals surface area contributed by atoms with E-state index in [2.05, 4.69) is 61.3 Å². The summed E-state index contributed by atoms with van der Waals surface area (Å²) in [6.07, 6.45) is 2.69. The molecule has 0 bridgehead atoms. The Hall–Kier alpha value is -0.900. The second-order valence-electron chi connectivity index (χ2n) is 6.01. The lowest BCUT2D eigenvalue weighted by molar-refractivity contribution is -0.0567. The molecule has 1 heterocycles. The Morgan fingerprint density at radius 1 is 1.29 bits per heavy atom. The van der Waals surface area contributed by atoms with Gasteiger partial charge in [-0.1, -0.05) is 44.2 Å². The van der Waals surface area contributed by atoms with Crippen LogP contribution < -0.4 is 5.32 Å². The van der Waals surface area contributed by atoms with E-state index in [0.717, 1.165) is 32.7 Å². The third-order valence-corrected chi connectivity index (χ3v) is 4.41. The number of hydrogen-bond donors (Lipinski definition) is 1. The lowest BCUT2D eigenvalue weighted by Crippen LogP contribution is -2.49. The molecule has 0 amide bonds. The minimum atomic E-state index is 0.363. The van der Waals surface area contributed by atoms with Crippen molar-refractivity contribution in [3.8, 4) is 0 Å². The van der Waals surface area contributed by atoms with E-state index in [4.69, 9.17) is 4.74 Å². The summed E-state index contributed by atoms with van der Waals surface area (Å²) in [4.78, 5) is 2.61. The smallest absolute Gasteiger partial charge is 0.0674 e. The van der Waals surface area contributed by atoms with Crippen molar-refractivity contribution < 1.29 is 4.74 Å². The van der Waals surface area contributed by atoms with Crippen LogP contribution in [-0.2, 0) is 4.74 Å². The topological polar surface area (TPSA) is 24.5 Å². The Morgan fingerprint density at radius 3 is 2.71 bits per heavy atom. The van der Waals surface area contributed by atoms with E-state index in [1.807, 2.05) is 0 Å². The van der Waals surface area contributed by atoms with Crippen LogP contribution in [-0.4, -0.2) is 43.3 Å². The van der Waals surface area contributed by atoms with Crippen LogP contribution in [0.25, 0.3) is 0 Å². The molecule has 3 atom stereocenters. The van der Waals surface area contributed by atoms with E-state index in [-0.39, 0.29) is 0 Å². The normalized spacial score (nSPS) is 24.9. The van der Waals surface area contributed by atoms with Gasteiger partial charge in [0.25, 0.3) is 0 Å². The van der Waals surface area contributed by atoms with E-state index in [9.17, 15) is 0 Å². The summed E-state index contributed by atoms with van der Waals surface area (Å²) in [6, 6.07) is 11.8. The molecule has 1 aromatic carbocycles. The summed E-state index contributed by atoms with van der Waals surface area (Å²) in [5, 5.41) is 3.62. The number of nitrogens with zero attached hydrogens (tertiary/aromatic N) is 1. The van der Waals surface area contributed by atoms with Gasteiger partial charge in [0.2, 0.25) is 0 Å². The minimum absolute atomic E-state index is 0.363. The molecule has 1 aromatic rings. The van der Waals surface area contributed by atoms with Crippen molar-refractivity contribution in [2.24, 2.45) is 0 Å². The molecule has 3 unspecified atom stereocenters. The highest BCUT2D eigenvalue weighted by molar-refractivity contribution is 5.18. The fraction of sp³-hybridized carbons (Fsp3) is 0.667. The summed E-state index contributed by atoms with van der Waals surface area (Å²) >= 11 is 0. The summed E-state index contributed by atoms with van der Waals surface area (Å²) in [5.41, 5.74) is 1.40. The summed E-state index contributed by atoms with van der Waals surface area (Å²) < 4.78 is 5.79. The van der Waals surface area contributed by atoms with Crippen molar-refractivity contribution in [1.29, 1.82) is 0 Å². The van der Waals surface area contributed by atoms with Gasteiger partial charge < -0.3 is 10.1 Å². The summed E-state index contributed by atoms with van der Waals surface area (Å²) in [6.45, 7) is 10.7. The number of nitrogens with one attached hydrogen (secondary N) is 1. The van der Waals surface area contributed by atoms with Gasteiger partial charge in [-0.2, -0.15) is 0 Å². The largest absolute Gasteiger partial charge is 0.376 e. The van der Waals surface area contributed by atoms with Crippen molar-refractivity contribution in [1.82, 2.24) is 10.2 Å². The van der Waals surface area contributed by atoms with Crippen LogP contribution >= 0.6 is 0 Å². The quantitative estimate of drug-likeness (QED) is 0.834. The van der Waals surface area contributed by atoms with E-state index < -0.39 is 0 Å². The van der Waals surface area contributed by atoms with Crippen molar-refractivity contribution in [2.45, 2.75) is 51.8 Å². The van der Waals surface area contributed by atoms with Gasteiger partial charge in [-0.05, 0) is 31.9 Å². The predicted molar refractivity (Wildman–Crippen MR) is 88.5 cm³/mol. The third-order valence-electron chi connectivity index (χ3n) is 4.41. The van der Waals surface area contributed by atoms with Crippen LogP contribution in [0.2, 0.25) is 0 Å². The van der Waals surface area contributed by atoms with Crippen LogP contribution in [0.4, 0.5) is 0 Å². The Morgan fingerprint density at radius 2 is 2.05 bits per heavy atom. The minimum Gasteiger partial charge on any atom is -0.376 e. The average Bonchev–Trinajstić information content (AvgIpc) is 2.52. The lowest BCUT2D eigenvalue weighted by atomic mass is 10.0. The molecule has 3 heteroatoms. The number of rotatable bonds is 7. The monoisotopic (exact) mass is 290 g/mol. The van der Waals surface area contributed by atoms with E-state index in [1.165, 1.54) is 12.0 Å². The Balaban J connectivity index is 1.94. The molecule has 1 aliphatic heterocycles. The van der Waals surface area contributed by atoms with Gasteiger partial charge in [0.05, 0.1) is 12.7 Å². The van der Waals surface area contributed by atoms with Gasteiger partial charge in [0.1, 0.15) is 0 Å². The molecule has 0 spiro atoms. The second kappa shape index (κ2) is 8.52. The number of morpholine rings is 1. The molecule has 1 aliphatic rings. The average molecular weight is 290 g/mol. The van der Waals surface area contributed by atoms with Crippen molar-refractivity contribution >= 4 is 0 Å². The first kappa shape index (κ1) is 16.5.